The van der Waals surface area contributed by atoms with Crippen molar-refractivity contribution < 1.29 is 18.0 Å². The first-order valence-corrected chi connectivity index (χ1v) is 5.08. The Morgan fingerprint density at radius 1 is 1.31 bits per heavy atom. The van der Waals surface area contributed by atoms with Crippen molar-refractivity contribution >= 4 is 5.91 Å². The Balaban J connectivity index is 2.71. The Hall–Kier alpha value is -1.26. The minimum atomic E-state index is -4.28. The van der Waals surface area contributed by atoms with E-state index in [0.717, 1.165) is 6.08 Å². The van der Waals surface area contributed by atoms with E-state index < -0.39 is 11.7 Å². The number of hydrogen-bond donors (Lipinski definition) is 1. The summed E-state index contributed by atoms with van der Waals surface area (Å²) in [6.07, 6.45) is -2.02. The largest absolute Gasteiger partial charge is 0.412 e. The van der Waals surface area contributed by atoms with Gasteiger partial charge in [0.15, 0.2) is 0 Å². The molecule has 0 atom stereocenters. The van der Waals surface area contributed by atoms with Crippen molar-refractivity contribution in [1.29, 1.82) is 0 Å². The van der Waals surface area contributed by atoms with Gasteiger partial charge in [0.2, 0.25) is 5.91 Å². The maximum absolute atomic E-state index is 12.3. The predicted octanol–water partition coefficient (Wildman–Crippen LogP) is 2.72. The molecule has 0 radical (unpaired) electrons. The van der Waals surface area contributed by atoms with Gasteiger partial charge in [0.1, 0.15) is 0 Å². The Labute approximate surface area is 92.2 Å². The van der Waals surface area contributed by atoms with Crippen LogP contribution in [0.4, 0.5) is 13.2 Å². The van der Waals surface area contributed by atoms with Crippen LogP contribution in [0.25, 0.3) is 0 Å². The number of hydrogen-bond acceptors (Lipinski definition) is 1. The van der Waals surface area contributed by atoms with Crippen LogP contribution in [-0.2, 0) is 4.79 Å². The normalized spacial score (nSPS) is 16.9. The summed E-state index contributed by atoms with van der Waals surface area (Å²) < 4.78 is 36.8. The van der Waals surface area contributed by atoms with Crippen LogP contribution >= 0.6 is 0 Å². The lowest BCUT2D eigenvalue weighted by Gasteiger charge is -2.17. The number of amides is 1. The zero-order chi connectivity index (χ0) is 12.3. The summed E-state index contributed by atoms with van der Waals surface area (Å²) in [4.78, 5) is 11.5. The zero-order valence-corrected chi connectivity index (χ0v) is 9.19. The van der Waals surface area contributed by atoms with Crippen molar-refractivity contribution in [3.8, 4) is 0 Å². The molecule has 1 N–H and O–H groups in total. The number of alkyl halides is 3. The Bertz CT molecular complexity index is 340. The van der Waals surface area contributed by atoms with Crippen molar-refractivity contribution in [1.82, 2.24) is 5.32 Å². The van der Waals surface area contributed by atoms with Gasteiger partial charge < -0.3 is 5.32 Å². The second kappa shape index (κ2) is 4.72. The highest BCUT2D eigenvalue weighted by molar-refractivity contribution is 5.94. The van der Waals surface area contributed by atoms with Crippen molar-refractivity contribution in [3.63, 3.8) is 0 Å². The van der Waals surface area contributed by atoms with Gasteiger partial charge in [0, 0.05) is 17.2 Å². The molecule has 0 saturated carbocycles. The highest BCUT2D eigenvalue weighted by Gasteiger charge is 2.34. The molecule has 0 aromatic carbocycles. The average molecular weight is 233 g/mol. The second-order valence-electron chi connectivity index (χ2n) is 4.01. The van der Waals surface area contributed by atoms with E-state index in [1.54, 1.807) is 13.8 Å². The quantitative estimate of drug-likeness (QED) is 0.780. The van der Waals surface area contributed by atoms with Crippen molar-refractivity contribution in [2.45, 2.75) is 38.9 Å². The van der Waals surface area contributed by atoms with E-state index in [9.17, 15) is 18.0 Å². The number of rotatable bonds is 2. The number of carbonyl (C=O) groups excluding carboxylic acids is 1. The monoisotopic (exact) mass is 233 g/mol. The van der Waals surface area contributed by atoms with Gasteiger partial charge in [-0.2, -0.15) is 13.2 Å². The summed E-state index contributed by atoms with van der Waals surface area (Å²) in [6.45, 7) is 3.61. The summed E-state index contributed by atoms with van der Waals surface area (Å²) >= 11 is 0. The molecule has 1 amide bonds. The zero-order valence-electron chi connectivity index (χ0n) is 9.19. The second-order valence-corrected chi connectivity index (χ2v) is 4.01. The van der Waals surface area contributed by atoms with Crippen LogP contribution in [0.2, 0.25) is 0 Å². The topological polar surface area (TPSA) is 29.1 Å². The molecule has 0 heterocycles. The Kier molecular flexibility index (Phi) is 3.78. The molecule has 90 valence electrons. The highest BCUT2D eigenvalue weighted by Crippen LogP contribution is 2.32. The van der Waals surface area contributed by atoms with Crippen LogP contribution in [-0.4, -0.2) is 18.1 Å². The van der Waals surface area contributed by atoms with E-state index in [1.807, 2.05) is 0 Å². The summed E-state index contributed by atoms with van der Waals surface area (Å²) in [6, 6.07) is -0.0126. The molecule has 0 unspecified atom stereocenters. The lowest BCUT2D eigenvalue weighted by molar-refractivity contribution is -0.118. The molecule has 1 rings (SSSR count). The van der Waals surface area contributed by atoms with Crippen molar-refractivity contribution in [3.05, 3.63) is 23.3 Å². The van der Waals surface area contributed by atoms with Gasteiger partial charge >= 0.3 is 6.18 Å². The SMILES string of the molecule is CC(C)NC(=O)C1=CC=C(C(F)(F)F)CC1. The van der Waals surface area contributed by atoms with Crippen LogP contribution in [0.15, 0.2) is 23.3 Å². The summed E-state index contributed by atoms with van der Waals surface area (Å²) in [5, 5.41) is 2.65. The van der Waals surface area contributed by atoms with E-state index in [1.165, 1.54) is 6.08 Å². The lowest BCUT2D eigenvalue weighted by atomic mass is 9.97. The minimum absolute atomic E-state index is 0.0126. The number of halogens is 3. The molecule has 1 aliphatic rings. The molecule has 0 bridgehead atoms. The molecule has 2 nitrogen and oxygen atoms in total. The summed E-state index contributed by atoms with van der Waals surface area (Å²) in [5.74, 6) is -0.285. The predicted molar refractivity (Wildman–Crippen MR) is 54.7 cm³/mol. The minimum Gasteiger partial charge on any atom is -0.350 e. The molecule has 0 aromatic heterocycles. The molecule has 0 saturated heterocycles. The fourth-order valence-electron chi connectivity index (χ4n) is 1.42. The van der Waals surface area contributed by atoms with Gasteiger partial charge in [-0.3, -0.25) is 4.79 Å². The van der Waals surface area contributed by atoms with Crippen LogP contribution < -0.4 is 5.32 Å². The number of allylic oxidation sites excluding steroid dienone is 3. The van der Waals surface area contributed by atoms with Gasteiger partial charge in [0.05, 0.1) is 0 Å². The average Bonchev–Trinajstić information content (AvgIpc) is 2.15. The van der Waals surface area contributed by atoms with E-state index >= 15 is 0 Å². The maximum Gasteiger partial charge on any atom is 0.412 e. The van der Waals surface area contributed by atoms with Crippen LogP contribution in [0.1, 0.15) is 26.7 Å². The van der Waals surface area contributed by atoms with Gasteiger partial charge in [-0.25, -0.2) is 0 Å². The van der Waals surface area contributed by atoms with E-state index in [-0.39, 0.29) is 24.8 Å². The number of carbonyl (C=O) groups is 1. The summed E-state index contributed by atoms with van der Waals surface area (Å²) in [7, 11) is 0. The van der Waals surface area contributed by atoms with Gasteiger partial charge in [0.25, 0.3) is 0 Å². The fraction of sp³-hybridized carbons (Fsp3) is 0.545. The van der Waals surface area contributed by atoms with E-state index in [4.69, 9.17) is 0 Å². The standard InChI is InChI=1S/C11H14F3NO/c1-7(2)15-10(16)8-3-5-9(6-4-8)11(12,13)14/h3,5,7H,4,6H2,1-2H3,(H,15,16). The third-order valence-electron chi connectivity index (χ3n) is 2.22. The highest BCUT2D eigenvalue weighted by atomic mass is 19.4. The first-order valence-electron chi connectivity index (χ1n) is 5.08. The van der Waals surface area contributed by atoms with Gasteiger partial charge in [-0.15, -0.1) is 0 Å². The van der Waals surface area contributed by atoms with Crippen LogP contribution in [0.3, 0.4) is 0 Å². The smallest absolute Gasteiger partial charge is 0.350 e. The molecule has 16 heavy (non-hydrogen) atoms. The van der Waals surface area contributed by atoms with Crippen molar-refractivity contribution in [2.75, 3.05) is 0 Å². The Morgan fingerprint density at radius 3 is 2.31 bits per heavy atom. The molecular formula is C11H14F3NO. The lowest BCUT2D eigenvalue weighted by Crippen LogP contribution is -2.32. The third-order valence-corrected chi connectivity index (χ3v) is 2.22. The van der Waals surface area contributed by atoms with E-state index in [2.05, 4.69) is 5.32 Å². The molecule has 1 aliphatic carbocycles. The summed E-state index contributed by atoms with van der Waals surface area (Å²) in [5.41, 5.74) is -0.171. The van der Waals surface area contributed by atoms with E-state index in [0.29, 0.717) is 5.57 Å². The first kappa shape index (κ1) is 12.8. The molecule has 0 aromatic rings. The molecule has 0 fully saturated rings. The van der Waals surface area contributed by atoms with Crippen LogP contribution in [0, 0.1) is 0 Å². The molecule has 0 aliphatic heterocycles. The third kappa shape index (κ3) is 3.40. The molecule has 0 spiro atoms. The van der Waals surface area contributed by atoms with Crippen LogP contribution in [0.5, 0.6) is 0 Å². The molecular weight excluding hydrogens is 219 g/mol. The maximum atomic E-state index is 12.3. The first-order chi connectivity index (χ1) is 7.30. The number of nitrogens with one attached hydrogen (secondary N) is 1. The molecule has 5 heteroatoms. The van der Waals surface area contributed by atoms with Gasteiger partial charge in [-0.1, -0.05) is 12.2 Å². The van der Waals surface area contributed by atoms with Crippen molar-refractivity contribution in [2.24, 2.45) is 0 Å². The van der Waals surface area contributed by atoms with Gasteiger partial charge in [-0.05, 0) is 26.7 Å². The Morgan fingerprint density at radius 2 is 1.94 bits per heavy atom. The fourth-order valence-corrected chi connectivity index (χ4v) is 1.42.